The fourth-order valence-corrected chi connectivity index (χ4v) is 1.69. The maximum atomic E-state index is 13.0. The van der Waals surface area contributed by atoms with E-state index in [1.54, 1.807) is 19.9 Å². The Kier molecular flexibility index (Phi) is 6.94. The molecule has 6 nitrogen and oxygen atoms in total. The van der Waals surface area contributed by atoms with Gasteiger partial charge in [0.1, 0.15) is 5.82 Å². The molecular formula is C15H22FN3O3. The van der Waals surface area contributed by atoms with E-state index < -0.39 is 29.8 Å². The van der Waals surface area contributed by atoms with E-state index >= 15 is 0 Å². The minimum absolute atomic E-state index is 0.0298. The second-order valence-corrected chi connectivity index (χ2v) is 5.36. The number of hydrogen-bond donors (Lipinski definition) is 4. The Hall–Kier alpha value is -1.99. The van der Waals surface area contributed by atoms with Crippen molar-refractivity contribution in [2.45, 2.75) is 26.0 Å². The Balaban J connectivity index is 2.35. The summed E-state index contributed by atoms with van der Waals surface area (Å²) in [5.74, 6) is -1.36. The van der Waals surface area contributed by atoms with Gasteiger partial charge < -0.3 is 21.5 Å². The van der Waals surface area contributed by atoms with Gasteiger partial charge in [-0.3, -0.25) is 9.59 Å². The van der Waals surface area contributed by atoms with E-state index in [4.69, 9.17) is 5.73 Å². The number of nitrogens with two attached hydrogens (primary N) is 1. The first kappa shape index (κ1) is 18.1. The van der Waals surface area contributed by atoms with Crippen molar-refractivity contribution in [3.05, 3.63) is 35.6 Å². The van der Waals surface area contributed by atoms with Crippen LogP contribution >= 0.6 is 0 Å². The van der Waals surface area contributed by atoms with Crippen LogP contribution in [0.2, 0.25) is 0 Å². The third kappa shape index (κ3) is 5.79. The number of benzene rings is 1. The molecule has 22 heavy (non-hydrogen) atoms. The van der Waals surface area contributed by atoms with Crippen LogP contribution in [0.15, 0.2) is 24.3 Å². The Labute approximate surface area is 128 Å². The topological polar surface area (TPSA) is 104 Å². The highest BCUT2D eigenvalue weighted by atomic mass is 19.1. The molecule has 0 aliphatic rings. The van der Waals surface area contributed by atoms with Crippen molar-refractivity contribution in [2.24, 2.45) is 11.7 Å². The summed E-state index contributed by atoms with van der Waals surface area (Å²) in [5.41, 5.74) is 6.01. The lowest BCUT2D eigenvalue weighted by Gasteiger charge is -2.16. The number of hydrogen-bond acceptors (Lipinski definition) is 4. The third-order valence-electron chi connectivity index (χ3n) is 3.17. The summed E-state index contributed by atoms with van der Waals surface area (Å²) in [7, 11) is 0. The van der Waals surface area contributed by atoms with E-state index in [1.807, 2.05) is 0 Å². The van der Waals surface area contributed by atoms with Crippen LogP contribution in [-0.2, 0) is 9.59 Å². The maximum Gasteiger partial charge on any atom is 0.239 e. The number of aliphatic hydroxyl groups is 1. The number of aliphatic hydroxyl groups excluding tert-OH is 1. The van der Waals surface area contributed by atoms with Crippen LogP contribution in [0.5, 0.6) is 0 Å². The van der Waals surface area contributed by atoms with Crippen molar-refractivity contribution in [1.29, 1.82) is 0 Å². The molecule has 0 aromatic heterocycles. The number of nitrogens with one attached hydrogen (secondary N) is 2. The zero-order valence-electron chi connectivity index (χ0n) is 12.7. The number of rotatable bonds is 7. The van der Waals surface area contributed by atoms with Gasteiger partial charge in [-0.2, -0.15) is 0 Å². The molecule has 0 saturated carbocycles. The highest BCUT2D eigenvalue weighted by Crippen LogP contribution is 2.12. The summed E-state index contributed by atoms with van der Waals surface area (Å²) in [6, 6.07) is 4.82. The van der Waals surface area contributed by atoms with Gasteiger partial charge in [-0.15, -0.1) is 0 Å². The first-order chi connectivity index (χ1) is 10.3. The molecule has 1 rings (SSSR count). The second-order valence-electron chi connectivity index (χ2n) is 5.36. The van der Waals surface area contributed by atoms with E-state index in [2.05, 4.69) is 10.6 Å². The molecule has 2 atom stereocenters. The van der Waals surface area contributed by atoms with E-state index in [0.717, 1.165) is 0 Å². The lowest BCUT2D eigenvalue weighted by molar-refractivity contribution is -0.127. The number of carbonyl (C=O) groups is 2. The molecule has 7 heteroatoms. The van der Waals surface area contributed by atoms with Gasteiger partial charge in [0.15, 0.2) is 0 Å². The molecule has 0 aliphatic heterocycles. The van der Waals surface area contributed by atoms with Gasteiger partial charge in [0.05, 0.1) is 18.7 Å². The van der Waals surface area contributed by atoms with Gasteiger partial charge in [-0.1, -0.05) is 26.0 Å². The van der Waals surface area contributed by atoms with E-state index in [-0.39, 0.29) is 19.0 Å². The van der Waals surface area contributed by atoms with E-state index in [9.17, 15) is 19.1 Å². The maximum absolute atomic E-state index is 13.0. The highest BCUT2D eigenvalue weighted by Gasteiger charge is 2.17. The molecule has 1 aromatic rings. The molecule has 2 amide bonds. The molecule has 122 valence electrons. The quantitative estimate of drug-likeness (QED) is 0.572. The average molecular weight is 311 g/mol. The van der Waals surface area contributed by atoms with Gasteiger partial charge in [0.2, 0.25) is 11.8 Å². The Morgan fingerprint density at radius 1 is 1.32 bits per heavy atom. The van der Waals surface area contributed by atoms with Gasteiger partial charge in [-0.25, -0.2) is 4.39 Å². The first-order valence-electron chi connectivity index (χ1n) is 7.04. The minimum atomic E-state index is -1.02. The van der Waals surface area contributed by atoms with Crippen molar-refractivity contribution < 1.29 is 19.1 Å². The van der Waals surface area contributed by atoms with Crippen molar-refractivity contribution in [2.75, 3.05) is 13.1 Å². The Morgan fingerprint density at radius 3 is 2.59 bits per heavy atom. The molecule has 0 bridgehead atoms. The average Bonchev–Trinajstić information content (AvgIpc) is 2.49. The zero-order chi connectivity index (χ0) is 16.7. The molecule has 5 N–H and O–H groups in total. The zero-order valence-corrected chi connectivity index (χ0v) is 12.7. The Bertz CT molecular complexity index is 523. The van der Waals surface area contributed by atoms with Crippen molar-refractivity contribution in [3.8, 4) is 0 Å². The monoisotopic (exact) mass is 311 g/mol. The Morgan fingerprint density at radius 2 is 2.00 bits per heavy atom. The summed E-state index contributed by atoms with van der Waals surface area (Å²) >= 11 is 0. The van der Waals surface area contributed by atoms with Gasteiger partial charge >= 0.3 is 0 Å². The van der Waals surface area contributed by atoms with Crippen LogP contribution in [0.4, 0.5) is 4.39 Å². The van der Waals surface area contributed by atoms with Gasteiger partial charge in [-0.05, 0) is 23.6 Å². The first-order valence-corrected chi connectivity index (χ1v) is 7.04. The molecule has 0 aliphatic carbocycles. The fourth-order valence-electron chi connectivity index (χ4n) is 1.69. The molecule has 0 saturated heterocycles. The van der Waals surface area contributed by atoms with E-state index in [1.165, 1.54) is 18.2 Å². The summed E-state index contributed by atoms with van der Waals surface area (Å²) < 4.78 is 13.0. The van der Waals surface area contributed by atoms with Crippen LogP contribution in [0, 0.1) is 11.7 Å². The summed E-state index contributed by atoms with van der Waals surface area (Å²) in [4.78, 5) is 23.2. The molecule has 0 radical (unpaired) electrons. The molecule has 1 unspecified atom stereocenters. The summed E-state index contributed by atoms with van der Waals surface area (Å²) in [6.07, 6.45) is -1.02. The smallest absolute Gasteiger partial charge is 0.239 e. The van der Waals surface area contributed by atoms with Crippen LogP contribution in [0.3, 0.4) is 0 Å². The summed E-state index contributed by atoms with van der Waals surface area (Å²) in [5, 5.41) is 14.7. The summed E-state index contributed by atoms with van der Waals surface area (Å²) in [6.45, 7) is 3.31. The number of carbonyl (C=O) groups excluding carboxylic acids is 2. The van der Waals surface area contributed by atoms with Crippen LogP contribution < -0.4 is 16.4 Å². The van der Waals surface area contributed by atoms with Crippen LogP contribution in [0.25, 0.3) is 0 Å². The lowest BCUT2D eigenvalue weighted by atomic mass is 10.1. The molecular weight excluding hydrogens is 289 g/mol. The van der Waals surface area contributed by atoms with E-state index in [0.29, 0.717) is 5.56 Å². The highest BCUT2D eigenvalue weighted by molar-refractivity contribution is 5.87. The normalized spacial score (nSPS) is 13.5. The van der Waals surface area contributed by atoms with Crippen LogP contribution in [0.1, 0.15) is 25.5 Å². The predicted octanol–water partition coefficient (Wildman–Crippen LogP) is 0.0748. The number of halogens is 1. The largest absolute Gasteiger partial charge is 0.387 e. The second kappa shape index (κ2) is 8.45. The fraction of sp³-hybridized carbons (Fsp3) is 0.467. The standard InChI is InChI=1S/C15H22FN3O3/c1-9(2)14(17)15(22)19-8-13(21)18-7-12(20)10-4-3-5-11(16)6-10/h3-6,9,12,14,20H,7-8,17H2,1-2H3,(H,18,21)(H,19,22)/t12?,14-/m0/s1. The molecule has 0 heterocycles. The third-order valence-corrected chi connectivity index (χ3v) is 3.17. The van der Waals surface area contributed by atoms with Crippen molar-refractivity contribution in [1.82, 2.24) is 10.6 Å². The molecule has 0 fully saturated rings. The van der Waals surface area contributed by atoms with Gasteiger partial charge in [0, 0.05) is 6.54 Å². The lowest BCUT2D eigenvalue weighted by Crippen LogP contribution is -2.47. The van der Waals surface area contributed by atoms with Crippen molar-refractivity contribution >= 4 is 11.8 Å². The predicted molar refractivity (Wildman–Crippen MR) is 80.2 cm³/mol. The molecule has 0 spiro atoms. The van der Waals surface area contributed by atoms with Crippen LogP contribution in [-0.4, -0.2) is 36.1 Å². The minimum Gasteiger partial charge on any atom is -0.387 e. The van der Waals surface area contributed by atoms with Gasteiger partial charge in [0.25, 0.3) is 0 Å². The van der Waals surface area contributed by atoms with Crippen molar-refractivity contribution in [3.63, 3.8) is 0 Å². The number of amides is 2. The SMILES string of the molecule is CC(C)[C@H](N)C(=O)NCC(=O)NCC(O)c1cccc(F)c1. The molecule has 1 aromatic carbocycles.